The van der Waals surface area contributed by atoms with Gasteiger partial charge in [0.25, 0.3) is 0 Å². The van der Waals surface area contributed by atoms with Gasteiger partial charge in [0.15, 0.2) is 11.9 Å². The number of aliphatic hydroxyl groups excluding tert-OH is 1. The van der Waals surface area contributed by atoms with Crippen LogP contribution in [0.25, 0.3) is 11.4 Å². The van der Waals surface area contributed by atoms with E-state index >= 15 is 0 Å². The van der Waals surface area contributed by atoms with Gasteiger partial charge in [-0.3, -0.25) is 10.3 Å². The van der Waals surface area contributed by atoms with Gasteiger partial charge < -0.3 is 24.5 Å². The maximum Gasteiger partial charge on any atom is 0.416 e. The van der Waals surface area contributed by atoms with Crippen LogP contribution in [0.2, 0.25) is 10.0 Å². The molecule has 2 aromatic carbocycles. The highest BCUT2D eigenvalue weighted by Crippen LogP contribution is 2.37. The summed E-state index contributed by atoms with van der Waals surface area (Å²) in [4.78, 5) is 18.5. The minimum atomic E-state index is -4.99. The summed E-state index contributed by atoms with van der Waals surface area (Å²) in [7, 11) is 0. The van der Waals surface area contributed by atoms with Crippen LogP contribution < -0.4 is 5.32 Å². The zero-order chi connectivity index (χ0) is 29.4. The van der Waals surface area contributed by atoms with Crippen LogP contribution in [0.5, 0.6) is 0 Å². The van der Waals surface area contributed by atoms with E-state index in [1.54, 1.807) is 18.2 Å². The first kappa shape index (κ1) is 29.3. The Balaban J connectivity index is 1.42. The molecule has 9 nitrogen and oxygen atoms in total. The van der Waals surface area contributed by atoms with Gasteiger partial charge in [0, 0.05) is 33.3 Å². The van der Waals surface area contributed by atoms with Crippen LogP contribution in [0.4, 0.5) is 18.0 Å². The lowest BCUT2D eigenvalue weighted by Crippen LogP contribution is -2.50. The third-order valence-electron chi connectivity index (χ3n) is 6.97. The van der Waals surface area contributed by atoms with E-state index in [1.807, 2.05) is 10.6 Å². The van der Waals surface area contributed by atoms with Crippen molar-refractivity contribution in [2.24, 2.45) is 0 Å². The predicted octanol–water partition coefficient (Wildman–Crippen LogP) is 5.01. The quantitative estimate of drug-likeness (QED) is 0.268. The molecule has 1 spiro atoms. The Hall–Kier alpha value is -3.16. The maximum absolute atomic E-state index is 13.2. The second-order valence-corrected chi connectivity index (χ2v) is 10.6. The van der Waals surface area contributed by atoms with Gasteiger partial charge in [0.2, 0.25) is 0 Å². The fraction of sp³-hybridized carbons (Fsp3) is 0.370. The number of urea groups is 1. The molecule has 41 heavy (non-hydrogen) atoms. The number of halogens is 5. The summed E-state index contributed by atoms with van der Waals surface area (Å²) in [6.45, 7) is -0.0213. The zero-order valence-electron chi connectivity index (χ0n) is 21.5. The van der Waals surface area contributed by atoms with Crippen LogP contribution in [0.3, 0.4) is 0 Å². The number of amides is 2. The van der Waals surface area contributed by atoms with Crippen molar-refractivity contribution in [3.8, 4) is 11.4 Å². The van der Waals surface area contributed by atoms with E-state index in [4.69, 9.17) is 43.1 Å². The molecule has 3 N–H and O–H groups in total. The molecule has 14 heteroatoms. The summed E-state index contributed by atoms with van der Waals surface area (Å²) in [5, 5.41) is 21.6. The van der Waals surface area contributed by atoms with Crippen molar-refractivity contribution in [2.75, 3.05) is 19.8 Å². The van der Waals surface area contributed by atoms with E-state index in [9.17, 15) is 23.1 Å². The number of aromatic nitrogens is 2. The normalized spacial score (nSPS) is 16.8. The molecule has 0 radical (unpaired) electrons. The van der Waals surface area contributed by atoms with Gasteiger partial charge in [0.1, 0.15) is 11.7 Å². The smallest absolute Gasteiger partial charge is 0.382 e. The number of alkyl halides is 3. The van der Waals surface area contributed by atoms with Gasteiger partial charge in [-0.15, -0.1) is 0 Å². The molecule has 3 aromatic rings. The van der Waals surface area contributed by atoms with Crippen molar-refractivity contribution in [3.63, 3.8) is 0 Å². The minimum absolute atomic E-state index is 0.142. The van der Waals surface area contributed by atoms with Crippen molar-refractivity contribution in [1.82, 2.24) is 19.8 Å². The summed E-state index contributed by atoms with van der Waals surface area (Å²) in [5.41, 5.74) is 2.17. The van der Waals surface area contributed by atoms with Gasteiger partial charge in [-0.2, -0.15) is 13.2 Å². The number of imidazole rings is 1. The molecule has 5 rings (SSSR count). The average Bonchev–Trinajstić information content (AvgIpc) is 3.54. The molecule has 1 atom stereocenters. The van der Waals surface area contributed by atoms with Crippen LogP contribution in [0.15, 0.2) is 48.5 Å². The van der Waals surface area contributed by atoms with Gasteiger partial charge in [-0.1, -0.05) is 35.3 Å². The van der Waals surface area contributed by atoms with Gasteiger partial charge in [0.05, 0.1) is 38.5 Å². The Labute approximate surface area is 243 Å². The molecular formula is C27H26Cl2F3N5O4. The number of nitrogens with zero attached hydrogens (tertiary/aromatic N) is 3. The molecule has 0 aliphatic carbocycles. The lowest BCUT2D eigenvalue weighted by atomic mass is 10.0. The van der Waals surface area contributed by atoms with Crippen molar-refractivity contribution in [3.05, 3.63) is 75.5 Å². The number of hydrogen-bond donors (Lipinski definition) is 3. The Morgan fingerprint density at radius 3 is 2.54 bits per heavy atom. The summed E-state index contributed by atoms with van der Waals surface area (Å²) in [6, 6.07) is 11.8. The number of fused-ring (bicyclic) bond motifs is 1. The molecule has 1 saturated heterocycles. The van der Waals surface area contributed by atoms with Crippen molar-refractivity contribution >= 4 is 35.1 Å². The summed E-state index contributed by atoms with van der Waals surface area (Å²) in [6.07, 6.45) is -6.79. The van der Waals surface area contributed by atoms with Crippen LogP contribution >= 0.6 is 23.2 Å². The van der Waals surface area contributed by atoms with E-state index in [-0.39, 0.29) is 12.1 Å². The topological polar surface area (TPSA) is 113 Å². The number of carbonyl (C=O) groups excluding carboxylic acids is 1. The van der Waals surface area contributed by atoms with Crippen LogP contribution in [-0.4, -0.2) is 69.3 Å². The lowest BCUT2D eigenvalue weighted by molar-refractivity contribution is -0.204. The Bertz CT molecular complexity index is 1440. The molecule has 2 aliphatic heterocycles. The molecule has 1 fully saturated rings. The zero-order valence-corrected chi connectivity index (χ0v) is 23.1. The van der Waals surface area contributed by atoms with E-state index in [1.165, 1.54) is 24.3 Å². The molecule has 0 unspecified atom stereocenters. The summed E-state index contributed by atoms with van der Waals surface area (Å²) < 4.78 is 53.4. The van der Waals surface area contributed by atoms with Crippen LogP contribution in [-0.2, 0) is 29.0 Å². The number of amidine groups is 1. The average molecular weight is 612 g/mol. The Morgan fingerprint density at radius 1 is 1.17 bits per heavy atom. The molecule has 2 aliphatic rings. The van der Waals surface area contributed by atoms with Gasteiger partial charge in [-0.25, -0.2) is 9.78 Å². The number of ether oxygens (including phenoxy) is 2. The van der Waals surface area contributed by atoms with Crippen molar-refractivity contribution in [2.45, 2.75) is 44.0 Å². The first-order valence-corrected chi connectivity index (χ1v) is 13.5. The third-order valence-corrected chi connectivity index (χ3v) is 7.45. The fourth-order valence-corrected chi connectivity index (χ4v) is 5.22. The number of aliphatic hydroxyl groups is 1. The standard InChI is InChI=1S/C27H26Cl2F3N5O4/c28-18-6-4-16(5-7-18)23(33)36(14-22(38)27(30,31)32)25(39)34-13-20-21-8-9-26(40-10-11-41-26)15-37(21)24(35-20)17-2-1-3-19(29)12-17/h1-7,12,22,33,38H,8-11,13-15H2,(H,34,39)/t22-/m0/s1. The van der Waals surface area contributed by atoms with E-state index in [0.717, 1.165) is 11.3 Å². The predicted molar refractivity (Wildman–Crippen MR) is 145 cm³/mol. The second kappa shape index (κ2) is 11.6. The lowest BCUT2D eigenvalue weighted by Gasteiger charge is -2.33. The largest absolute Gasteiger partial charge is 0.416 e. The number of benzene rings is 2. The monoisotopic (exact) mass is 611 g/mol. The highest BCUT2D eigenvalue weighted by molar-refractivity contribution is 6.31. The highest BCUT2D eigenvalue weighted by atomic mass is 35.5. The third kappa shape index (κ3) is 6.36. The SMILES string of the molecule is N=C(c1ccc(Cl)cc1)N(C[C@H](O)C(F)(F)F)C(=O)NCc1nc(-c2cccc(Cl)c2)n2c1CCC1(C2)OCCO1. The maximum atomic E-state index is 13.2. The summed E-state index contributed by atoms with van der Waals surface area (Å²) in [5.74, 6) is -0.755. The molecule has 1 aromatic heterocycles. The molecule has 218 valence electrons. The van der Waals surface area contributed by atoms with E-state index in [0.29, 0.717) is 59.1 Å². The number of carbonyl (C=O) groups is 1. The fourth-order valence-electron chi connectivity index (χ4n) is 4.91. The highest BCUT2D eigenvalue weighted by Gasteiger charge is 2.43. The van der Waals surface area contributed by atoms with Crippen LogP contribution in [0.1, 0.15) is 23.4 Å². The Morgan fingerprint density at radius 2 is 1.88 bits per heavy atom. The number of rotatable bonds is 6. The first-order valence-electron chi connectivity index (χ1n) is 12.7. The van der Waals surface area contributed by atoms with Crippen molar-refractivity contribution < 1.29 is 32.5 Å². The molecular weight excluding hydrogens is 586 g/mol. The van der Waals surface area contributed by atoms with Gasteiger partial charge >= 0.3 is 12.2 Å². The van der Waals surface area contributed by atoms with E-state index in [2.05, 4.69) is 5.32 Å². The summed E-state index contributed by atoms with van der Waals surface area (Å²) >= 11 is 12.1. The molecule has 3 heterocycles. The van der Waals surface area contributed by atoms with Crippen molar-refractivity contribution in [1.29, 1.82) is 5.41 Å². The number of nitrogens with one attached hydrogen (secondary N) is 2. The van der Waals surface area contributed by atoms with E-state index < -0.39 is 36.5 Å². The number of hydrogen-bond acceptors (Lipinski definition) is 6. The first-order chi connectivity index (χ1) is 19.5. The van der Waals surface area contributed by atoms with Gasteiger partial charge in [-0.05, 0) is 42.8 Å². The van der Waals surface area contributed by atoms with Crippen LogP contribution in [0, 0.1) is 5.41 Å². The second-order valence-electron chi connectivity index (χ2n) is 9.72. The Kier molecular flexibility index (Phi) is 8.31. The molecule has 2 amide bonds. The molecule has 0 bridgehead atoms. The minimum Gasteiger partial charge on any atom is -0.382 e. The molecule has 0 saturated carbocycles.